The van der Waals surface area contributed by atoms with Crippen molar-refractivity contribution in [2.45, 2.75) is 19.5 Å². The number of halogens is 3. The third kappa shape index (κ3) is 4.68. The smallest absolute Gasteiger partial charge is 0.223 e. The third-order valence-electron chi connectivity index (χ3n) is 5.10. The molecule has 0 saturated carbocycles. The molecule has 1 aliphatic heterocycles. The number of likely N-dealkylation sites (N-methyl/N-ethyl adjacent to an activating group) is 1. The first-order valence-electron chi connectivity index (χ1n) is 10.2. The quantitative estimate of drug-likeness (QED) is 0.609. The summed E-state index contributed by atoms with van der Waals surface area (Å²) in [5.41, 5.74) is 1.18. The predicted molar refractivity (Wildman–Crippen MR) is 118 cm³/mol. The highest BCUT2D eigenvalue weighted by atomic mass is 35.5. The monoisotopic (exact) mass is 458 g/mol. The molecule has 1 unspecified atom stereocenters. The average molecular weight is 459 g/mol. The summed E-state index contributed by atoms with van der Waals surface area (Å²) in [5.74, 6) is -0.988. The predicted octanol–water partition coefficient (Wildman–Crippen LogP) is 3.40. The Hall–Kier alpha value is -3.17. The first kappa shape index (κ1) is 22.0. The third-order valence-corrected chi connectivity index (χ3v) is 5.40. The zero-order chi connectivity index (χ0) is 22.7. The summed E-state index contributed by atoms with van der Waals surface area (Å²) < 4.78 is 28.1. The molecule has 0 spiro atoms. The van der Waals surface area contributed by atoms with E-state index in [0.717, 1.165) is 6.07 Å². The van der Waals surface area contributed by atoms with Gasteiger partial charge in [0.15, 0.2) is 0 Å². The van der Waals surface area contributed by atoms with Crippen LogP contribution in [0, 0.1) is 11.6 Å². The average Bonchev–Trinajstić information content (AvgIpc) is 2.95. The molecule has 1 amide bonds. The molecule has 0 bridgehead atoms. The van der Waals surface area contributed by atoms with E-state index in [1.54, 1.807) is 12.3 Å². The van der Waals surface area contributed by atoms with E-state index in [0.29, 0.717) is 48.2 Å². The van der Waals surface area contributed by atoms with Gasteiger partial charge in [0, 0.05) is 42.6 Å². The molecule has 1 saturated heterocycles. The lowest BCUT2D eigenvalue weighted by molar-refractivity contribution is -0.121. The molecular weight excluding hydrogens is 438 g/mol. The molecular formula is C22H21ClF2N6O. The van der Waals surface area contributed by atoms with Crippen molar-refractivity contribution in [1.82, 2.24) is 25.6 Å². The Labute approximate surface area is 188 Å². The Kier molecular flexibility index (Phi) is 6.57. The minimum Gasteiger partial charge on any atom is -0.351 e. The molecule has 2 N–H and O–H groups in total. The fraction of sp³-hybridized carbons (Fsp3) is 0.273. The van der Waals surface area contributed by atoms with Crippen LogP contribution in [-0.4, -0.2) is 46.7 Å². The number of rotatable bonds is 5. The van der Waals surface area contributed by atoms with Gasteiger partial charge in [0.1, 0.15) is 23.1 Å². The van der Waals surface area contributed by atoms with Gasteiger partial charge in [0.2, 0.25) is 5.91 Å². The van der Waals surface area contributed by atoms with Crippen LogP contribution in [0.5, 0.6) is 0 Å². The van der Waals surface area contributed by atoms with Crippen molar-refractivity contribution in [2.24, 2.45) is 0 Å². The number of benzene rings is 1. The number of carbonyl (C=O) groups is 1. The van der Waals surface area contributed by atoms with E-state index >= 15 is 0 Å². The number of carbonyl (C=O) groups excluding carboxylic acids is 1. The van der Waals surface area contributed by atoms with E-state index in [4.69, 9.17) is 16.6 Å². The van der Waals surface area contributed by atoms with Crippen molar-refractivity contribution in [3.63, 3.8) is 0 Å². The van der Waals surface area contributed by atoms with E-state index in [1.165, 1.54) is 24.5 Å². The molecule has 166 valence electrons. The Morgan fingerprint density at radius 3 is 2.81 bits per heavy atom. The number of nitrogens with zero attached hydrogens (tertiary/aromatic N) is 4. The van der Waals surface area contributed by atoms with Crippen LogP contribution in [0.15, 0.2) is 42.9 Å². The van der Waals surface area contributed by atoms with Crippen LogP contribution in [0.2, 0.25) is 5.02 Å². The second kappa shape index (κ2) is 9.54. The maximum atomic E-state index is 14.6. The highest BCUT2D eigenvalue weighted by Crippen LogP contribution is 2.35. The summed E-state index contributed by atoms with van der Waals surface area (Å²) in [4.78, 5) is 27.2. The number of hydrogen-bond acceptors (Lipinski definition) is 6. The van der Waals surface area contributed by atoms with Crippen molar-refractivity contribution in [2.75, 3.05) is 24.5 Å². The lowest BCUT2D eigenvalue weighted by atomic mass is 10.0. The largest absolute Gasteiger partial charge is 0.351 e. The fourth-order valence-corrected chi connectivity index (χ4v) is 3.81. The Morgan fingerprint density at radius 2 is 2.06 bits per heavy atom. The number of aromatic nitrogens is 3. The van der Waals surface area contributed by atoms with Crippen LogP contribution in [0.3, 0.4) is 0 Å². The topological polar surface area (TPSA) is 83.0 Å². The normalized spacial score (nSPS) is 16.6. The Bertz CT molecular complexity index is 1150. The van der Waals surface area contributed by atoms with Gasteiger partial charge in [0.25, 0.3) is 0 Å². The Balaban J connectivity index is 1.82. The van der Waals surface area contributed by atoms with Crippen molar-refractivity contribution in [3.8, 4) is 22.5 Å². The van der Waals surface area contributed by atoms with Gasteiger partial charge < -0.3 is 10.2 Å². The highest BCUT2D eigenvalue weighted by molar-refractivity contribution is 6.33. The van der Waals surface area contributed by atoms with Gasteiger partial charge >= 0.3 is 0 Å². The van der Waals surface area contributed by atoms with Crippen LogP contribution < -0.4 is 15.5 Å². The first-order valence-corrected chi connectivity index (χ1v) is 10.5. The van der Waals surface area contributed by atoms with E-state index in [2.05, 4.69) is 20.6 Å². The lowest BCUT2D eigenvalue weighted by Gasteiger charge is -2.26. The molecule has 3 heterocycles. The van der Waals surface area contributed by atoms with Crippen LogP contribution >= 0.6 is 11.6 Å². The van der Waals surface area contributed by atoms with Crippen molar-refractivity contribution < 1.29 is 13.6 Å². The van der Waals surface area contributed by atoms with Crippen molar-refractivity contribution in [3.05, 3.63) is 59.5 Å². The standard InChI is InChI=1S/C22H21ClF2N6O/c1-2-27-18-12-31(8-6-20(32)29-18)19-11-28-21(15-4-3-13(24)9-17(15)25)22(30-19)14-5-7-26-10-16(14)23/h3-5,7,9-11,18,27H,2,6,8,12H2,1H3,(H,29,32). The molecule has 1 aliphatic rings. The highest BCUT2D eigenvalue weighted by Gasteiger charge is 2.24. The summed E-state index contributed by atoms with van der Waals surface area (Å²) in [7, 11) is 0. The zero-order valence-corrected chi connectivity index (χ0v) is 18.0. The maximum absolute atomic E-state index is 14.6. The van der Waals surface area contributed by atoms with Gasteiger partial charge in [0.05, 0.1) is 29.6 Å². The van der Waals surface area contributed by atoms with Gasteiger partial charge in [-0.2, -0.15) is 0 Å². The first-order chi connectivity index (χ1) is 15.5. The molecule has 0 radical (unpaired) electrons. The molecule has 10 heteroatoms. The fourth-order valence-electron chi connectivity index (χ4n) is 3.60. The molecule has 1 aromatic carbocycles. The van der Waals surface area contributed by atoms with Crippen LogP contribution in [0.1, 0.15) is 13.3 Å². The zero-order valence-electron chi connectivity index (χ0n) is 17.3. The molecule has 7 nitrogen and oxygen atoms in total. The van der Waals surface area contributed by atoms with Crippen LogP contribution in [-0.2, 0) is 4.79 Å². The minimum atomic E-state index is -0.754. The number of nitrogens with one attached hydrogen (secondary N) is 2. The molecule has 3 aromatic rings. The molecule has 2 aromatic heterocycles. The van der Waals surface area contributed by atoms with Gasteiger partial charge in [-0.3, -0.25) is 15.1 Å². The van der Waals surface area contributed by atoms with Gasteiger partial charge in [-0.25, -0.2) is 18.7 Å². The summed E-state index contributed by atoms with van der Waals surface area (Å²) in [6, 6.07) is 4.95. The maximum Gasteiger partial charge on any atom is 0.223 e. The summed E-state index contributed by atoms with van der Waals surface area (Å²) in [6.45, 7) is 3.56. The number of pyridine rings is 1. The minimum absolute atomic E-state index is 0.0613. The Morgan fingerprint density at radius 1 is 1.22 bits per heavy atom. The number of anilines is 1. The SMILES string of the molecule is CCNC1CN(c2cnc(-c3ccc(F)cc3F)c(-c3ccncc3Cl)n2)CCC(=O)N1. The molecule has 1 atom stereocenters. The second-order valence-electron chi connectivity index (χ2n) is 7.28. The summed E-state index contributed by atoms with van der Waals surface area (Å²) in [6.07, 6.45) is 4.58. The van der Waals surface area contributed by atoms with E-state index in [9.17, 15) is 13.6 Å². The molecule has 0 aliphatic carbocycles. The van der Waals surface area contributed by atoms with E-state index < -0.39 is 11.6 Å². The molecule has 1 fully saturated rings. The molecule has 32 heavy (non-hydrogen) atoms. The van der Waals surface area contributed by atoms with Crippen molar-refractivity contribution in [1.29, 1.82) is 0 Å². The second-order valence-corrected chi connectivity index (χ2v) is 7.69. The van der Waals surface area contributed by atoms with Gasteiger partial charge in [-0.1, -0.05) is 18.5 Å². The van der Waals surface area contributed by atoms with Crippen molar-refractivity contribution >= 4 is 23.3 Å². The number of hydrogen-bond donors (Lipinski definition) is 2. The van der Waals surface area contributed by atoms with E-state index in [1.807, 2.05) is 11.8 Å². The van der Waals surface area contributed by atoms with Crippen LogP contribution in [0.25, 0.3) is 22.5 Å². The van der Waals surface area contributed by atoms with Gasteiger partial charge in [-0.15, -0.1) is 0 Å². The summed E-state index contributed by atoms with van der Waals surface area (Å²) in [5, 5.41) is 6.47. The number of amides is 1. The summed E-state index contributed by atoms with van der Waals surface area (Å²) >= 11 is 6.37. The van der Waals surface area contributed by atoms with Gasteiger partial charge in [-0.05, 0) is 24.7 Å². The molecule has 4 rings (SSSR count). The lowest BCUT2D eigenvalue weighted by Crippen LogP contribution is -2.49. The van der Waals surface area contributed by atoms with Crippen LogP contribution in [0.4, 0.5) is 14.6 Å². The van der Waals surface area contributed by atoms with E-state index in [-0.39, 0.29) is 23.3 Å².